The van der Waals surface area contributed by atoms with Crippen molar-refractivity contribution in [1.82, 2.24) is 0 Å². The first kappa shape index (κ1) is 13.1. The van der Waals surface area contributed by atoms with Gasteiger partial charge in [0.15, 0.2) is 0 Å². The molecule has 0 saturated heterocycles. The summed E-state index contributed by atoms with van der Waals surface area (Å²) in [5.74, 6) is -0.708. The first-order valence-electron chi connectivity index (χ1n) is 5.32. The molecule has 82 valence electrons. The van der Waals surface area contributed by atoms with Crippen molar-refractivity contribution in [2.45, 2.75) is 52.4 Å². The maximum atomic E-state index is 11.4. The van der Waals surface area contributed by atoms with Gasteiger partial charge in [0.05, 0.1) is 0 Å². The van der Waals surface area contributed by atoms with E-state index in [1.165, 1.54) is 0 Å². The summed E-state index contributed by atoms with van der Waals surface area (Å²) in [6.45, 7) is 3.91. The largest absolute Gasteiger partial charge is 0.481 e. The predicted molar refractivity (Wildman–Crippen MR) is 55.2 cm³/mol. The number of rotatable bonds is 8. The zero-order valence-corrected chi connectivity index (χ0v) is 9.08. The van der Waals surface area contributed by atoms with Gasteiger partial charge in [-0.05, 0) is 12.8 Å². The standard InChI is InChI=1S/C11H20O3/c1-3-4-5-6-10(12)9(2)7-8-11(13)14/h9H,3-8H2,1-2H3,(H,13,14). The highest BCUT2D eigenvalue weighted by molar-refractivity contribution is 5.81. The monoisotopic (exact) mass is 200 g/mol. The Balaban J connectivity index is 3.59. The third-order valence-electron chi connectivity index (χ3n) is 2.37. The zero-order valence-electron chi connectivity index (χ0n) is 9.08. The summed E-state index contributed by atoms with van der Waals surface area (Å²) < 4.78 is 0. The molecule has 0 saturated carbocycles. The Morgan fingerprint density at radius 1 is 1.21 bits per heavy atom. The molecule has 0 heterocycles. The molecule has 0 aromatic carbocycles. The van der Waals surface area contributed by atoms with E-state index in [0.717, 1.165) is 19.3 Å². The van der Waals surface area contributed by atoms with Gasteiger partial charge in [0, 0.05) is 18.8 Å². The molecule has 3 heteroatoms. The highest BCUT2D eigenvalue weighted by atomic mass is 16.4. The Kier molecular flexibility index (Phi) is 7.07. The van der Waals surface area contributed by atoms with Gasteiger partial charge in [0.2, 0.25) is 0 Å². The number of Topliss-reactive ketones (excluding diaryl/α,β-unsaturated/α-hetero) is 1. The molecule has 0 spiro atoms. The van der Waals surface area contributed by atoms with Crippen LogP contribution >= 0.6 is 0 Å². The van der Waals surface area contributed by atoms with E-state index in [0.29, 0.717) is 12.8 Å². The smallest absolute Gasteiger partial charge is 0.303 e. The van der Waals surface area contributed by atoms with Crippen LogP contribution in [0.25, 0.3) is 0 Å². The number of carbonyl (C=O) groups excluding carboxylic acids is 1. The highest BCUT2D eigenvalue weighted by Crippen LogP contribution is 2.11. The van der Waals surface area contributed by atoms with E-state index < -0.39 is 5.97 Å². The summed E-state index contributed by atoms with van der Waals surface area (Å²) >= 11 is 0. The van der Waals surface area contributed by atoms with Crippen LogP contribution in [-0.4, -0.2) is 16.9 Å². The van der Waals surface area contributed by atoms with Crippen LogP contribution in [-0.2, 0) is 9.59 Å². The molecule has 0 amide bonds. The third-order valence-corrected chi connectivity index (χ3v) is 2.37. The maximum absolute atomic E-state index is 11.4. The molecule has 0 aliphatic carbocycles. The molecule has 0 aliphatic rings. The minimum Gasteiger partial charge on any atom is -0.481 e. The lowest BCUT2D eigenvalue weighted by atomic mass is 9.96. The molecule has 3 nitrogen and oxygen atoms in total. The van der Waals surface area contributed by atoms with Crippen molar-refractivity contribution >= 4 is 11.8 Å². The average Bonchev–Trinajstić information content (AvgIpc) is 2.14. The second kappa shape index (κ2) is 7.54. The van der Waals surface area contributed by atoms with Gasteiger partial charge in [0.25, 0.3) is 0 Å². The number of ketones is 1. The van der Waals surface area contributed by atoms with Crippen molar-refractivity contribution in [3.05, 3.63) is 0 Å². The van der Waals surface area contributed by atoms with Crippen molar-refractivity contribution < 1.29 is 14.7 Å². The van der Waals surface area contributed by atoms with Gasteiger partial charge in [-0.2, -0.15) is 0 Å². The van der Waals surface area contributed by atoms with E-state index in [1.54, 1.807) is 0 Å². The molecule has 14 heavy (non-hydrogen) atoms. The molecule has 0 rings (SSSR count). The van der Waals surface area contributed by atoms with Crippen LogP contribution in [0.3, 0.4) is 0 Å². The molecular weight excluding hydrogens is 180 g/mol. The maximum Gasteiger partial charge on any atom is 0.303 e. The van der Waals surface area contributed by atoms with Crippen LogP contribution < -0.4 is 0 Å². The molecule has 1 N–H and O–H groups in total. The van der Waals surface area contributed by atoms with Gasteiger partial charge in [0.1, 0.15) is 5.78 Å². The first-order chi connectivity index (χ1) is 6.57. The minimum atomic E-state index is -0.821. The van der Waals surface area contributed by atoms with E-state index in [1.807, 2.05) is 6.92 Å². The van der Waals surface area contributed by atoms with Gasteiger partial charge in [-0.25, -0.2) is 0 Å². The highest BCUT2D eigenvalue weighted by Gasteiger charge is 2.13. The van der Waals surface area contributed by atoms with E-state index in [4.69, 9.17) is 5.11 Å². The lowest BCUT2D eigenvalue weighted by molar-refractivity contribution is -0.137. The molecular formula is C11H20O3. The van der Waals surface area contributed by atoms with Crippen molar-refractivity contribution in [3.8, 4) is 0 Å². The number of carboxylic acids is 1. The van der Waals surface area contributed by atoms with E-state index in [-0.39, 0.29) is 18.1 Å². The molecule has 0 bridgehead atoms. The SMILES string of the molecule is CCCCCC(=O)C(C)CCC(=O)O. The minimum absolute atomic E-state index is 0.0945. The number of carboxylic acid groups (broad SMARTS) is 1. The quantitative estimate of drug-likeness (QED) is 0.613. The number of hydrogen-bond acceptors (Lipinski definition) is 2. The molecule has 0 radical (unpaired) electrons. The fourth-order valence-electron chi connectivity index (χ4n) is 1.30. The second-order valence-corrected chi connectivity index (χ2v) is 3.76. The van der Waals surface area contributed by atoms with E-state index in [2.05, 4.69) is 6.92 Å². The first-order valence-corrected chi connectivity index (χ1v) is 5.32. The van der Waals surface area contributed by atoms with Gasteiger partial charge in [-0.15, -0.1) is 0 Å². The summed E-state index contributed by atoms with van der Waals surface area (Å²) in [5, 5.41) is 8.45. The Morgan fingerprint density at radius 2 is 1.86 bits per heavy atom. The van der Waals surface area contributed by atoms with Crippen LogP contribution in [0.15, 0.2) is 0 Å². The summed E-state index contributed by atoms with van der Waals surface area (Å²) in [4.78, 5) is 21.7. The summed E-state index contributed by atoms with van der Waals surface area (Å²) in [6, 6.07) is 0. The molecule has 0 aromatic rings. The van der Waals surface area contributed by atoms with Crippen molar-refractivity contribution in [3.63, 3.8) is 0 Å². The topological polar surface area (TPSA) is 54.4 Å². The number of carbonyl (C=O) groups is 2. The van der Waals surface area contributed by atoms with Gasteiger partial charge in [-0.1, -0.05) is 26.7 Å². The molecule has 1 unspecified atom stereocenters. The summed E-state index contributed by atoms with van der Waals surface area (Å²) in [5.41, 5.74) is 0. The van der Waals surface area contributed by atoms with Crippen LogP contribution in [0.4, 0.5) is 0 Å². The Morgan fingerprint density at radius 3 is 2.36 bits per heavy atom. The van der Waals surface area contributed by atoms with Crippen LogP contribution in [0.5, 0.6) is 0 Å². The lowest BCUT2D eigenvalue weighted by Gasteiger charge is -2.07. The van der Waals surface area contributed by atoms with Gasteiger partial charge in [-0.3, -0.25) is 9.59 Å². The van der Waals surface area contributed by atoms with Crippen molar-refractivity contribution in [2.24, 2.45) is 5.92 Å². The van der Waals surface area contributed by atoms with Crippen LogP contribution in [0, 0.1) is 5.92 Å². The zero-order chi connectivity index (χ0) is 11.0. The Bertz CT molecular complexity index is 187. The van der Waals surface area contributed by atoms with Crippen molar-refractivity contribution in [2.75, 3.05) is 0 Å². The van der Waals surface area contributed by atoms with Crippen molar-refractivity contribution in [1.29, 1.82) is 0 Å². The number of hydrogen-bond donors (Lipinski definition) is 1. The molecule has 0 aromatic heterocycles. The normalized spacial score (nSPS) is 12.4. The summed E-state index contributed by atoms with van der Waals surface area (Å²) in [6.07, 6.45) is 4.30. The van der Waals surface area contributed by atoms with Gasteiger partial charge < -0.3 is 5.11 Å². The van der Waals surface area contributed by atoms with E-state index in [9.17, 15) is 9.59 Å². The Labute approximate surface area is 85.5 Å². The third kappa shape index (κ3) is 6.63. The fraction of sp³-hybridized carbons (Fsp3) is 0.818. The average molecular weight is 200 g/mol. The fourth-order valence-corrected chi connectivity index (χ4v) is 1.30. The molecule has 1 atom stereocenters. The van der Waals surface area contributed by atoms with Gasteiger partial charge >= 0.3 is 5.97 Å². The number of aliphatic carboxylic acids is 1. The van der Waals surface area contributed by atoms with Crippen LogP contribution in [0.1, 0.15) is 52.4 Å². The molecule has 0 aliphatic heterocycles. The summed E-state index contributed by atoms with van der Waals surface area (Å²) in [7, 11) is 0. The van der Waals surface area contributed by atoms with Crippen LogP contribution in [0.2, 0.25) is 0 Å². The predicted octanol–water partition coefficient (Wildman–Crippen LogP) is 2.64. The lowest BCUT2D eigenvalue weighted by Crippen LogP contribution is -2.12. The second-order valence-electron chi connectivity index (χ2n) is 3.76. The molecule has 0 fully saturated rings. The number of unbranched alkanes of at least 4 members (excludes halogenated alkanes) is 2. The Hall–Kier alpha value is -0.860. The van der Waals surface area contributed by atoms with E-state index >= 15 is 0 Å².